The van der Waals surface area contributed by atoms with E-state index >= 15 is 0 Å². The largest absolute Gasteiger partial charge is 0.444 e. The van der Waals surface area contributed by atoms with Crippen LogP contribution in [-0.2, 0) is 4.74 Å². The van der Waals surface area contributed by atoms with Gasteiger partial charge in [0.25, 0.3) is 0 Å². The summed E-state index contributed by atoms with van der Waals surface area (Å²) in [6.07, 6.45) is -0.121. The molecule has 0 aliphatic carbocycles. The van der Waals surface area contributed by atoms with Crippen LogP contribution in [0.2, 0.25) is 0 Å². The average Bonchev–Trinajstić information content (AvgIpc) is 2.15. The van der Waals surface area contributed by atoms with Gasteiger partial charge in [-0.05, 0) is 34.2 Å². The number of likely N-dealkylation sites (N-methyl/N-ethyl adjacent to an activating group) is 1. The molecule has 1 amide bonds. The maximum Gasteiger partial charge on any atom is 0.410 e. The van der Waals surface area contributed by atoms with Crippen LogP contribution >= 0.6 is 0 Å². The number of carbonyl (C=O) groups excluding carboxylic acids is 1. The summed E-state index contributed by atoms with van der Waals surface area (Å²) in [5.74, 6) is 0. The highest BCUT2D eigenvalue weighted by molar-refractivity contribution is 5.68. The van der Waals surface area contributed by atoms with Gasteiger partial charge in [0.05, 0.1) is 12.6 Å². The first-order valence-corrected chi connectivity index (χ1v) is 5.67. The molecule has 0 aromatic rings. The Morgan fingerprint density at radius 1 is 1.50 bits per heavy atom. The third-order valence-electron chi connectivity index (χ3n) is 2.60. The predicted octanol–water partition coefficient (Wildman–Crippen LogP) is 0.576. The summed E-state index contributed by atoms with van der Waals surface area (Å²) < 4.78 is 5.25. The lowest BCUT2D eigenvalue weighted by Gasteiger charge is -2.36. The number of aliphatic hydroxyl groups excluding tert-OH is 1. The number of nitrogens with one attached hydrogen (secondary N) is 1. The number of aliphatic hydroxyl groups is 1. The maximum atomic E-state index is 11.7. The summed E-state index contributed by atoms with van der Waals surface area (Å²) in [5.41, 5.74) is -0.484. The second-order valence-corrected chi connectivity index (χ2v) is 5.18. The van der Waals surface area contributed by atoms with E-state index in [2.05, 4.69) is 5.32 Å². The van der Waals surface area contributed by atoms with E-state index in [0.29, 0.717) is 13.1 Å². The number of carbonyl (C=O) groups is 1. The van der Waals surface area contributed by atoms with Gasteiger partial charge in [-0.25, -0.2) is 4.79 Å². The third-order valence-corrected chi connectivity index (χ3v) is 2.60. The highest BCUT2D eigenvalue weighted by Gasteiger charge is 2.31. The summed E-state index contributed by atoms with van der Waals surface area (Å²) in [6.45, 7) is 6.46. The van der Waals surface area contributed by atoms with Gasteiger partial charge in [0.1, 0.15) is 5.60 Å². The van der Waals surface area contributed by atoms with Gasteiger partial charge in [0.15, 0.2) is 0 Å². The lowest BCUT2D eigenvalue weighted by atomic mass is 10.0. The molecular formula is C11H22N2O3. The zero-order valence-electron chi connectivity index (χ0n) is 10.5. The summed E-state index contributed by atoms with van der Waals surface area (Å²) >= 11 is 0. The molecule has 0 unspecified atom stereocenters. The number of β-amino-alcohol motifs (C(OH)–C–C–N with tert-alkyl or cyclic N) is 1. The van der Waals surface area contributed by atoms with Crippen molar-refractivity contribution in [3.8, 4) is 0 Å². The monoisotopic (exact) mass is 230 g/mol. The van der Waals surface area contributed by atoms with Crippen LogP contribution < -0.4 is 5.32 Å². The normalized spacial score (nSPS) is 26.7. The van der Waals surface area contributed by atoms with Gasteiger partial charge in [-0.1, -0.05) is 0 Å². The van der Waals surface area contributed by atoms with Crippen LogP contribution in [0.4, 0.5) is 4.79 Å². The van der Waals surface area contributed by atoms with Crippen LogP contribution in [0.5, 0.6) is 0 Å². The van der Waals surface area contributed by atoms with Crippen molar-refractivity contribution in [1.29, 1.82) is 0 Å². The van der Waals surface area contributed by atoms with Gasteiger partial charge < -0.3 is 20.1 Å². The molecule has 5 heteroatoms. The van der Waals surface area contributed by atoms with E-state index in [1.807, 2.05) is 27.8 Å². The number of ether oxygens (including phenoxy) is 1. The molecule has 0 aromatic carbocycles. The minimum Gasteiger partial charge on any atom is -0.444 e. The first-order valence-electron chi connectivity index (χ1n) is 5.67. The lowest BCUT2D eigenvalue weighted by molar-refractivity contribution is -0.00384. The van der Waals surface area contributed by atoms with Gasteiger partial charge in [0.2, 0.25) is 0 Å². The Bertz CT molecular complexity index is 250. The molecule has 1 fully saturated rings. The van der Waals surface area contributed by atoms with Gasteiger partial charge in [-0.2, -0.15) is 0 Å². The highest BCUT2D eigenvalue weighted by atomic mass is 16.6. The number of likely N-dealkylation sites (tertiary alicyclic amines) is 1. The third kappa shape index (κ3) is 3.64. The first-order chi connectivity index (χ1) is 7.33. The second-order valence-electron chi connectivity index (χ2n) is 5.18. The summed E-state index contributed by atoms with van der Waals surface area (Å²) in [7, 11) is 1.82. The number of amides is 1. The van der Waals surface area contributed by atoms with E-state index in [1.54, 1.807) is 4.90 Å². The fourth-order valence-electron chi connectivity index (χ4n) is 1.76. The molecule has 5 nitrogen and oxygen atoms in total. The van der Waals surface area contributed by atoms with Crippen molar-refractivity contribution in [3.05, 3.63) is 0 Å². The van der Waals surface area contributed by atoms with Crippen molar-refractivity contribution in [2.75, 3.05) is 20.1 Å². The molecule has 0 saturated carbocycles. The predicted molar refractivity (Wildman–Crippen MR) is 61.3 cm³/mol. The highest BCUT2D eigenvalue weighted by Crippen LogP contribution is 2.15. The fraction of sp³-hybridized carbons (Fsp3) is 0.909. The van der Waals surface area contributed by atoms with Crippen LogP contribution in [-0.4, -0.2) is 54.0 Å². The molecule has 1 aliphatic rings. The second kappa shape index (κ2) is 5.01. The lowest BCUT2D eigenvalue weighted by Crippen LogP contribution is -2.54. The molecule has 0 aromatic heterocycles. The Morgan fingerprint density at radius 3 is 2.56 bits per heavy atom. The minimum absolute atomic E-state index is 0.0682. The van der Waals surface area contributed by atoms with Crippen LogP contribution in [0.3, 0.4) is 0 Å². The molecule has 0 bridgehead atoms. The van der Waals surface area contributed by atoms with Crippen molar-refractivity contribution >= 4 is 6.09 Å². The molecule has 0 spiro atoms. The van der Waals surface area contributed by atoms with Crippen molar-refractivity contribution in [3.63, 3.8) is 0 Å². The van der Waals surface area contributed by atoms with Crippen molar-refractivity contribution < 1.29 is 14.6 Å². The van der Waals surface area contributed by atoms with E-state index in [0.717, 1.165) is 6.42 Å². The van der Waals surface area contributed by atoms with Gasteiger partial charge in [-0.3, -0.25) is 0 Å². The standard InChI is InChI=1S/C11H22N2O3/c1-11(2,3)16-10(15)13-6-5-8(12-4)9(14)7-13/h8-9,12,14H,5-7H2,1-4H3/t8-,9-/m0/s1. The van der Waals surface area contributed by atoms with E-state index in [9.17, 15) is 9.90 Å². The molecule has 1 heterocycles. The van der Waals surface area contributed by atoms with Crippen LogP contribution in [0.25, 0.3) is 0 Å². The van der Waals surface area contributed by atoms with E-state index in [1.165, 1.54) is 0 Å². The SMILES string of the molecule is CN[C@H]1CCN(C(=O)OC(C)(C)C)C[C@@H]1O. The Morgan fingerprint density at radius 2 is 2.12 bits per heavy atom. The van der Waals surface area contributed by atoms with Crippen molar-refractivity contribution in [2.24, 2.45) is 0 Å². The van der Waals surface area contributed by atoms with Crippen LogP contribution in [0, 0.1) is 0 Å². The molecule has 1 rings (SSSR count). The van der Waals surface area contributed by atoms with Gasteiger partial charge in [-0.15, -0.1) is 0 Å². The number of hydrogen-bond acceptors (Lipinski definition) is 4. The minimum atomic E-state index is -0.522. The molecule has 1 saturated heterocycles. The Hall–Kier alpha value is -0.810. The summed E-state index contributed by atoms with van der Waals surface area (Å²) in [4.78, 5) is 13.3. The number of piperidine rings is 1. The Balaban J connectivity index is 2.48. The zero-order chi connectivity index (χ0) is 12.3. The first kappa shape index (κ1) is 13.3. The number of rotatable bonds is 1. The smallest absolute Gasteiger partial charge is 0.410 e. The van der Waals surface area contributed by atoms with E-state index in [-0.39, 0.29) is 12.1 Å². The number of hydrogen-bond donors (Lipinski definition) is 2. The maximum absolute atomic E-state index is 11.7. The van der Waals surface area contributed by atoms with Gasteiger partial charge in [0, 0.05) is 12.6 Å². The molecule has 1 aliphatic heterocycles. The van der Waals surface area contributed by atoms with E-state index < -0.39 is 11.7 Å². The van der Waals surface area contributed by atoms with Gasteiger partial charge >= 0.3 is 6.09 Å². The summed E-state index contributed by atoms with van der Waals surface area (Å²) in [5, 5.41) is 12.8. The molecule has 16 heavy (non-hydrogen) atoms. The van der Waals surface area contributed by atoms with E-state index in [4.69, 9.17) is 4.74 Å². The molecular weight excluding hydrogens is 208 g/mol. The Kier molecular flexibility index (Phi) is 4.15. The molecule has 0 radical (unpaired) electrons. The summed E-state index contributed by atoms with van der Waals surface area (Å²) in [6, 6.07) is 0.0682. The average molecular weight is 230 g/mol. The molecule has 2 N–H and O–H groups in total. The van der Waals surface area contributed by atoms with Crippen LogP contribution in [0.1, 0.15) is 27.2 Å². The van der Waals surface area contributed by atoms with Crippen molar-refractivity contribution in [1.82, 2.24) is 10.2 Å². The zero-order valence-corrected chi connectivity index (χ0v) is 10.5. The fourth-order valence-corrected chi connectivity index (χ4v) is 1.76. The van der Waals surface area contributed by atoms with Crippen molar-refractivity contribution in [2.45, 2.75) is 44.9 Å². The number of nitrogens with zero attached hydrogens (tertiary/aromatic N) is 1. The quantitative estimate of drug-likeness (QED) is 0.691. The Labute approximate surface area is 96.8 Å². The molecule has 2 atom stereocenters. The topological polar surface area (TPSA) is 61.8 Å². The van der Waals surface area contributed by atoms with Crippen LogP contribution in [0.15, 0.2) is 0 Å². The molecule has 94 valence electrons.